The van der Waals surface area contributed by atoms with Crippen molar-refractivity contribution >= 4 is 21.6 Å². The van der Waals surface area contributed by atoms with Gasteiger partial charge in [0.25, 0.3) is 5.56 Å². The smallest absolute Gasteiger partial charge is 0.298 e. The molecular formula is C17H16N2O2S. The van der Waals surface area contributed by atoms with Gasteiger partial charge in [0.05, 0.1) is 11.1 Å². The molecule has 1 aromatic carbocycles. The molecule has 0 atom stereocenters. The van der Waals surface area contributed by atoms with Gasteiger partial charge in [-0.1, -0.05) is 18.2 Å². The van der Waals surface area contributed by atoms with Gasteiger partial charge in [-0.05, 0) is 49.8 Å². The Morgan fingerprint density at radius 3 is 2.73 bits per heavy atom. The van der Waals surface area contributed by atoms with Crippen molar-refractivity contribution in [3.63, 3.8) is 0 Å². The molecule has 0 radical (unpaired) electrons. The summed E-state index contributed by atoms with van der Waals surface area (Å²) in [6.45, 7) is 1.91. The molecule has 0 amide bonds. The Balaban J connectivity index is 2.11. The summed E-state index contributed by atoms with van der Waals surface area (Å²) in [5, 5.41) is 0.711. The summed E-state index contributed by atoms with van der Waals surface area (Å²) in [5.74, 6) is 0. The fourth-order valence-corrected chi connectivity index (χ4v) is 4.54. The predicted molar refractivity (Wildman–Crippen MR) is 89.4 cm³/mol. The highest BCUT2D eigenvalue weighted by atomic mass is 32.1. The molecule has 0 bridgehead atoms. The second-order valence-electron chi connectivity index (χ2n) is 5.77. The second-order valence-corrected chi connectivity index (χ2v) is 6.88. The number of aromatic nitrogens is 2. The summed E-state index contributed by atoms with van der Waals surface area (Å²) >= 11 is 1.57. The average Bonchev–Trinajstić information content (AvgIpc) is 2.87. The molecule has 3 aromatic rings. The lowest BCUT2D eigenvalue weighted by atomic mass is 9.97. The van der Waals surface area contributed by atoms with Crippen molar-refractivity contribution in [2.75, 3.05) is 0 Å². The summed E-state index contributed by atoms with van der Waals surface area (Å²) in [4.78, 5) is 30.3. The van der Waals surface area contributed by atoms with Crippen molar-refractivity contribution in [2.45, 2.75) is 32.6 Å². The molecule has 5 heteroatoms. The van der Waals surface area contributed by atoms with E-state index < -0.39 is 0 Å². The largest absolute Gasteiger partial charge is 0.334 e. The van der Waals surface area contributed by atoms with Gasteiger partial charge in [-0.2, -0.15) is 0 Å². The molecule has 1 aliphatic carbocycles. The van der Waals surface area contributed by atoms with E-state index in [-0.39, 0.29) is 11.2 Å². The summed E-state index contributed by atoms with van der Waals surface area (Å²) in [6, 6.07) is 7.48. The first-order valence-corrected chi connectivity index (χ1v) is 8.34. The fraction of sp³-hybridized carbons (Fsp3) is 0.294. The quantitative estimate of drug-likeness (QED) is 0.751. The average molecular weight is 312 g/mol. The van der Waals surface area contributed by atoms with E-state index in [1.54, 1.807) is 11.3 Å². The lowest BCUT2D eigenvalue weighted by molar-refractivity contribution is 0.699. The third-order valence-electron chi connectivity index (χ3n) is 4.37. The Morgan fingerprint density at radius 2 is 1.91 bits per heavy atom. The van der Waals surface area contributed by atoms with E-state index >= 15 is 0 Å². The molecule has 1 N–H and O–H groups in total. The lowest BCUT2D eigenvalue weighted by Crippen LogP contribution is -2.34. The molecule has 22 heavy (non-hydrogen) atoms. The van der Waals surface area contributed by atoms with E-state index in [0.29, 0.717) is 11.1 Å². The van der Waals surface area contributed by atoms with Crippen LogP contribution in [0.4, 0.5) is 0 Å². The molecule has 0 unspecified atom stereocenters. The Morgan fingerprint density at radius 1 is 1.14 bits per heavy atom. The molecule has 0 fully saturated rings. The Bertz CT molecular complexity index is 994. The predicted octanol–water partition coefficient (Wildman–Crippen LogP) is 2.93. The topological polar surface area (TPSA) is 54.9 Å². The Hall–Kier alpha value is -2.14. The van der Waals surface area contributed by atoms with Crippen LogP contribution in [0.5, 0.6) is 0 Å². The van der Waals surface area contributed by atoms with Crippen LogP contribution in [0.1, 0.15) is 28.8 Å². The monoisotopic (exact) mass is 312 g/mol. The third-order valence-corrected chi connectivity index (χ3v) is 5.58. The molecule has 2 aromatic heterocycles. The number of hydrogen-bond donors (Lipinski definition) is 1. The Kier molecular flexibility index (Phi) is 3.04. The number of thiophene rings is 1. The molecule has 2 heterocycles. The number of fused-ring (bicyclic) bond motifs is 3. The standard InChI is InChI=1S/C17H16N2O2S/c1-10-6-2-4-8-12(10)19-16(20)14-11-7-3-5-9-13(11)22-15(14)18-17(19)21/h2,4,6,8H,3,5,7,9H2,1H3,(H,18,21). The minimum Gasteiger partial charge on any atom is -0.298 e. The zero-order chi connectivity index (χ0) is 15.3. The molecule has 4 rings (SSSR count). The van der Waals surface area contributed by atoms with Crippen LogP contribution in [0, 0.1) is 6.92 Å². The summed E-state index contributed by atoms with van der Waals surface area (Å²) in [6.07, 6.45) is 4.22. The van der Waals surface area contributed by atoms with Crippen LogP contribution in [0.25, 0.3) is 15.9 Å². The first-order chi connectivity index (χ1) is 10.7. The number of benzene rings is 1. The van der Waals surface area contributed by atoms with E-state index in [9.17, 15) is 9.59 Å². The van der Waals surface area contributed by atoms with Crippen LogP contribution in [-0.2, 0) is 12.8 Å². The zero-order valence-corrected chi connectivity index (χ0v) is 13.1. The van der Waals surface area contributed by atoms with Crippen LogP contribution >= 0.6 is 11.3 Å². The van der Waals surface area contributed by atoms with Crippen LogP contribution in [0.3, 0.4) is 0 Å². The van der Waals surface area contributed by atoms with E-state index in [2.05, 4.69) is 4.98 Å². The van der Waals surface area contributed by atoms with Crippen molar-refractivity contribution in [2.24, 2.45) is 0 Å². The second kappa shape index (κ2) is 4.95. The minimum atomic E-state index is -0.356. The molecule has 0 saturated carbocycles. The van der Waals surface area contributed by atoms with E-state index in [0.717, 1.165) is 41.6 Å². The van der Waals surface area contributed by atoms with Crippen molar-refractivity contribution in [3.8, 4) is 5.69 Å². The molecule has 4 nitrogen and oxygen atoms in total. The van der Waals surface area contributed by atoms with Gasteiger partial charge in [-0.3, -0.25) is 9.78 Å². The van der Waals surface area contributed by atoms with Crippen LogP contribution in [-0.4, -0.2) is 9.55 Å². The highest BCUT2D eigenvalue weighted by Gasteiger charge is 2.21. The first-order valence-electron chi connectivity index (χ1n) is 7.52. The van der Waals surface area contributed by atoms with Gasteiger partial charge in [-0.25, -0.2) is 9.36 Å². The van der Waals surface area contributed by atoms with Crippen LogP contribution in [0.15, 0.2) is 33.9 Å². The van der Waals surface area contributed by atoms with Gasteiger partial charge in [0.15, 0.2) is 0 Å². The summed E-state index contributed by atoms with van der Waals surface area (Å²) in [5.41, 5.74) is 2.18. The maximum absolute atomic E-state index is 13.0. The number of H-pyrrole nitrogens is 1. The van der Waals surface area contributed by atoms with Crippen LogP contribution < -0.4 is 11.2 Å². The number of nitrogens with zero attached hydrogens (tertiary/aromatic N) is 1. The molecule has 1 aliphatic rings. The van der Waals surface area contributed by atoms with E-state index in [1.165, 1.54) is 9.44 Å². The van der Waals surface area contributed by atoms with Gasteiger partial charge >= 0.3 is 5.69 Å². The van der Waals surface area contributed by atoms with Crippen molar-refractivity contribution < 1.29 is 0 Å². The first kappa shape index (κ1) is 13.5. The van der Waals surface area contributed by atoms with Crippen molar-refractivity contribution in [1.82, 2.24) is 9.55 Å². The zero-order valence-electron chi connectivity index (χ0n) is 12.3. The number of rotatable bonds is 1. The van der Waals surface area contributed by atoms with Gasteiger partial charge in [0.2, 0.25) is 0 Å². The van der Waals surface area contributed by atoms with Crippen molar-refractivity contribution in [3.05, 3.63) is 61.1 Å². The number of hydrogen-bond acceptors (Lipinski definition) is 3. The molecule has 0 saturated heterocycles. The molecular weight excluding hydrogens is 296 g/mol. The summed E-state index contributed by atoms with van der Waals surface area (Å²) in [7, 11) is 0. The normalized spacial score (nSPS) is 14.2. The highest BCUT2D eigenvalue weighted by Crippen LogP contribution is 2.33. The maximum atomic E-state index is 13.0. The van der Waals surface area contributed by atoms with E-state index in [1.807, 2.05) is 31.2 Å². The molecule has 0 aliphatic heterocycles. The van der Waals surface area contributed by atoms with Crippen LogP contribution in [0.2, 0.25) is 0 Å². The van der Waals surface area contributed by atoms with Crippen molar-refractivity contribution in [1.29, 1.82) is 0 Å². The summed E-state index contributed by atoms with van der Waals surface area (Å²) < 4.78 is 1.28. The minimum absolute atomic E-state index is 0.188. The highest BCUT2D eigenvalue weighted by molar-refractivity contribution is 7.18. The maximum Gasteiger partial charge on any atom is 0.334 e. The number of nitrogens with one attached hydrogen (secondary N) is 1. The number of aryl methyl sites for hydroxylation is 3. The number of aromatic amines is 1. The molecule has 0 spiro atoms. The fourth-order valence-electron chi connectivity index (χ4n) is 3.27. The van der Waals surface area contributed by atoms with E-state index in [4.69, 9.17) is 0 Å². The van der Waals surface area contributed by atoms with Gasteiger partial charge in [0, 0.05) is 4.88 Å². The van der Waals surface area contributed by atoms with Gasteiger partial charge in [0.1, 0.15) is 4.83 Å². The Labute approximate surface area is 131 Å². The van der Waals surface area contributed by atoms with Gasteiger partial charge < -0.3 is 0 Å². The molecule has 112 valence electrons. The lowest BCUT2D eigenvalue weighted by Gasteiger charge is -2.11. The SMILES string of the molecule is Cc1ccccc1-n1c(=O)[nH]c2sc3c(c2c1=O)CCCC3. The number of para-hydroxylation sites is 1. The van der Waals surface area contributed by atoms with Gasteiger partial charge in [-0.15, -0.1) is 11.3 Å². The third kappa shape index (κ3) is 1.89.